The Hall–Kier alpha value is -1.35. The van der Waals surface area contributed by atoms with E-state index in [1.807, 2.05) is 13.8 Å². The summed E-state index contributed by atoms with van der Waals surface area (Å²) in [5, 5.41) is 3.31. The molecule has 0 heterocycles. The second kappa shape index (κ2) is 6.71. The van der Waals surface area contributed by atoms with Gasteiger partial charge in [-0.05, 0) is 43.4 Å². The van der Waals surface area contributed by atoms with Crippen LogP contribution in [-0.2, 0) is 16.1 Å². The van der Waals surface area contributed by atoms with Crippen molar-refractivity contribution in [3.8, 4) is 0 Å². The van der Waals surface area contributed by atoms with Gasteiger partial charge >= 0.3 is 5.97 Å². The fourth-order valence-corrected chi connectivity index (χ4v) is 2.42. The highest BCUT2D eigenvalue weighted by Gasteiger charge is 2.22. The molecule has 0 spiro atoms. The third-order valence-corrected chi connectivity index (χ3v) is 3.46. The molecule has 0 amide bonds. The highest BCUT2D eigenvalue weighted by Crippen LogP contribution is 2.17. The number of rotatable bonds is 5. The zero-order valence-electron chi connectivity index (χ0n) is 12.8. The van der Waals surface area contributed by atoms with E-state index in [9.17, 15) is 4.79 Å². The molecule has 0 aliphatic heterocycles. The third-order valence-electron chi connectivity index (χ3n) is 3.46. The Balaban J connectivity index is 2.83. The first-order valence-corrected chi connectivity index (χ1v) is 6.74. The maximum absolute atomic E-state index is 11.7. The predicted octanol–water partition coefficient (Wildman–Crippen LogP) is 2.90. The zero-order valence-corrected chi connectivity index (χ0v) is 12.8. The summed E-state index contributed by atoms with van der Waals surface area (Å²) in [4.78, 5) is 11.7. The topological polar surface area (TPSA) is 38.3 Å². The van der Waals surface area contributed by atoms with Crippen LogP contribution in [0.5, 0.6) is 0 Å². The van der Waals surface area contributed by atoms with Crippen LogP contribution in [0.3, 0.4) is 0 Å². The molecule has 1 aromatic rings. The van der Waals surface area contributed by atoms with E-state index in [1.165, 1.54) is 29.4 Å². The average Bonchev–Trinajstić information content (AvgIpc) is 2.31. The first-order chi connectivity index (χ1) is 8.86. The zero-order chi connectivity index (χ0) is 14.6. The second-order valence-electron chi connectivity index (χ2n) is 5.50. The van der Waals surface area contributed by atoms with Crippen molar-refractivity contribution >= 4 is 5.97 Å². The van der Waals surface area contributed by atoms with Gasteiger partial charge in [0.1, 0.15) is 6.04 Å². The van der Waals surface area contributed by atoms with Crippen LogP contribution in [0.1, 0.15) is 36.1 Å². The molecule has 0 fully saturated rings. The van der Waals surface area contributed by atoms with Gasteiger partial charge in [-0.2, -0.15) is 0 Å². The van der Waals surface area contributed by atoms with Crippen molar-refractivity contribution in [1.82, 2.24) is 5.32 Å². The summed E-state index contributed by atoms with van der Waals surface area (Å²) < 4.78 is 4.84. The van der Waals surface area contributed by atoms with Crippen LogP contribution in [0.25, 0.3) is 0 Å². The van der Waals surface area contributed by atoms with Crippen molar-refractivity contribution < 1.29 is 9.53 Å². The number of nitrogens with one attached hydrogen (secondary N) is 1. The van der Waals surface area contributed by atoms with Crippen LogP contribution in [0.15, 0.2) is 12.1 Å². The smallest absolute Gasteiger partial charge is 0.323 e. The molecule has 0 bridgehead atoms. The van der Waals surface area contributed by atoms with Crippen LogP contribution in [0.4, 0.5) is 0 Å². The lowest BCUT2D eigenvalue weighted by atomic mass is 9.98. The van der Waals surface area contributed by atoms with Gasteiger partial charge in [-0.15, -0.1) is 0 Å². The molecule has 0 saturated carbocycles. The molecule has 3 nitrogen and oxygen atoms in total. The second-order valence-corrected chi connectivity index (χ2v) is 5.50. The minimum absolute atomic E-state index is 0.197. The Bertz CT molecular complexity index is 429. The normalized spacial score (nSPS) is 12.6. The van der Waals surface area contributed by atoms with Crippen LogP contribution >= 0.6 is 0 Å². The standard InChI is InChI=1S/C16H25NO2/c1-10(2)15(16(18)19-6)17-9-14-12(4)7-11(3)8-13(14)5/h7-8,10,15,17H,9H2,1-6H3. The molecule has 0 aromatic heterocycles. The van der Waals surface area contributed by atoms with Crippen LogP contribution in [0, 0.1) is 26.7 Å². The van der Waals surface area contributed by atoms with E-state index in [1.54, 1.807) is 0 Å². The Labute approximate surface area is 116 Å². The highest BCUT2D eigenvalue weighted by atomic mass is 16.5. The van der Waals surface area contributed by atoms with Gasteiger partial charge in [0.15, 0.2) is 0 Å². The number of aryl methyl sites for hydroxylation is 3. The largest absolute Gasteiger partial charge is 0.468 e. The fraction of sp³-hybridized carbons (Fsp3) is 0.562. The molecular formula is C16H25NO2. The lowest BCUT2D eigenvalue weighted by Gasteiger charge is -2.21. The van der Waals surface area contributed by atoms with Gasteiger partial charge in [0.2, 0.25) is 0 Å². The number of carbonyl (C=O) groups is 1. The third kappa shape index (κ3) is 4.06. The van der Waals surface area contributed by atoms with Crippen molar-refractivity contribution in [3.63, 3.8) is 0 Å². The molecule has 106 valence electrons. The van der Waals surface area contributed by atoms with Gasteiger partial charge in [-0.25, -0.2) is 0 Å². The molecule has 1 atom stereocenters. The molecule has 0 radical (unpaired) electrons. The summed E-state index contributed by atoms with van der Waals surface area (Å²) in [6, 6.07) is 4.09. The van der Waals surface area contributed by atoms with Crippen molar-refractivity contribution in [2.24, 2.45) is 5.92 Å². The maximum Gasteiger partial charge on any atom is 0.323 e. The number of carbonyl (C=O) groups excluding carboxylic acids is 1. The van der Waals surface area contributed by atoms with E-state index >= 15 is 0 Å². The van der Waals surface area contributed by atoms with E-state index in [0.717, 1.165) is 0 Å². The van der Waals surface area contributed by atoms with E-state index in [-0.39, 0.29) is 17.9 Å². The SMILES string of the molecule is COC(=O)C(NCc1c(C)cc(C)cc1C)C(C)C. The van der Waals surface area contributed by atoms with Gasteiger partial charge in [-0.1, -0.05) is 31.5 Å². The van der Waals surface area contributed by atoms with Gasteiger partial charge in [-0.3, -0.25) is 4.79 Å². The Morgan fingerprint density at radius 1 is 1.21 bits per heavy atom. The molecule has 0 aliphatic carbocycles. The van der Waals surface area contributed by atoms with E-state index in [2.05, 4.69) is 38.2 Å². The first-order valence-electron chi connectivity index (χ1n) is 6.74. The molecule has 1 unspecified atom stereocenters. The fourth-order valence-electron chi connectivity index (χ4n) is 2.42. The number of hydrogen-bond acceptors (Lipinski definition) is 3. The van der Waals surface area contributed by atoms with E-state index in [0.29, 0.717) is 6.54 Å². The lowest BCUT2D eigenvalue weighted by molar-refractivity contribution is -0.144. The maximum atomic E-state index is 11.7. The molecule has 3 heteroatoms. The van der Waals surface area contributed by atoms with Crippen molar-refractivity contribution in [2.75, 3.05) is 7.11 Å². The number of benzene rings is 1. The molecule has 1 rings (SSSR count). The summed E-state index contributed by atoms with van der Waals surface area (Å²) in [7, 11) is 1.43. The van der Waals surface area contributed by atoms with Gasteiger partial charge in [0.25, 0.3) is 0 Å². The minimum atomic E-state index is -0.259. The first kappa shape index (κ1) is 15.7. The number of ether oxygens (including phenoxy) is 1. The van der Waals surface area contributed by atoms with Gasteiger partial charge in [0.05, 0.1) is 7.11 Å². The summed E-state index contributed by atoms with van der Waals surface area (Å²) >= 11 is 0. The molecule has 0 saturated heterocycles. The minimum Gasteiger partial charge on any atom is -0.468 e. The number of hydrogen-bond donors (Lipinski definition) is 1. The van der Waals surface area contributed by atoms with E-state index < -0.39 is 0 Å². The van der Waals surface area contributed by atoms with Gasteiger partial charge in [0, 0.05) is 6.54 Å². The van der Waals surface area contributed by atoms with Crippen molar-refractivity contribution in [1.29, 1.82) is 0 Å². The number of esters is 1. The molecule has 19 heavy (non-hydrogen) atoms. The Kier molecular flexibility index (Phi) is 5.55. The van der Waals surface area contributed by atoms with Crippen LogP contribution < -0.4 is 5.32 Å². The van der Waals surface area contributed by atoms with Crippen molar-refractivity contribution in [2.45, 2.75) is 47.2 Å². The van der Waals surface area contributed by atoms with Crippen LogP contribution in [-0.4, -0.2) is 19.1 Å². The molecule has 1 aromatic carbocycles. The average molecular weight is 263 g/mol. The molecule has 0 aliphatic rings. The summed E-state index contributed by atoms with van der Waals surface area (Å²) in [5.41, 5.74) is 5.06. The van der Waals surface area contributed by atoms with Crippen molar-refractivity contribution in [3.05, 3.63) is 34.4 Å². The summed E-state index contributed by atoms with van der Waals surface area (Å²) in [6.07, 6.45) is 0. The predicted molar refractivity (Wildman–Crippen MR) is 78.1 cm³/mol. The summed E-state index contributed by atoms with van der Waals surface area (Å²) in [5.74, 6) is 0.0101. The quantitative estimate of drug-likeness (QED) is 0.830. The molecule has 1 N–H and O–H groups in total. The van der Waals surface area contributed by atoms with Crippen LogP contribution in [0.2, 0.25) is 0 Å². The molecular weight excluding hydrogens is 238 g/mol. The Morgan fingerprint density at radius 2 is 1.74 bits per heavy atom. The lowest BCUT2D eigenvalue weighted by Crippen LogP contribution is -2.41. The number of methoxy groups -OCH3 is 1. The van der Waals surface area contributed by atoms with Gasteiger partial charge < -0.3 is 10.1 Å². The summed E-state index contributed by atoms with van der Waals surface area (Å²) in [6.45, 7) is 11.0. The Morgan fingerprint density at radius 3 is 2.16 bits per heavy atom. The van der Waals surface area contributed by atoms with E-state index in [4.69, 9.17) is 4.74 Å². The highest BCUT2D eigenvalue weighted by molar-refractivity contribution is 5.75. The monoisotopic (exact) mass is 263 g/mol.